The molecule has 0 atom stereocenters. The summed E-state index contributed by atoms with van der Waals surface area (Å²) in [7, 11) is 1.63. The topological polar surface area (TPSA) is 77.3 Å². The number of rotatable bonds is 5. The van der Waals surface area contributed by atoms with Gasteiger partial charge in [-0.05, 0) is 19.1 Å². The molecule has 0 aliphatic rings. The minimum Gasteiger partial charge on any atom is -0.383 e. The molecule has 0 aliphatic carbocycles. The van der Waals surface area contributed by atoms with Gasteiger partial charge >= 0.3 is 0 Å². The lowest BCUT2D eigenvalue weighted by Gasteiger charge is -2.10. The third kappa shape index (κ3) is 2.79. The van der Waals surface area contributed by atoms with E-state index in [4.69, 9.17) is 4.74 Å². The van der Waals surface area contributed by atoms with Gasteiger partial charge in [-0.15, -0.1) is 0 Å². The first-order valence-electron chi connectivity index (χ1n) is 5.90. The number of ether oxygens (including phenoxy) is 1. The third-order valence-electron chi connectivity index (χ3n) is 2.83. The molecule has 1 heterocycles. The summed E-state index contributed by atoms with van der Waals surface area (Å²) < 4.78 is 4.98. The van der Waals surface area contributed by atoms with Gasteiger partial charge in [-0.2, -0.15) is 0 Å². The summed E-state index contributed by atoms with van der Waals surface area (Å²) in [5.41, 5.74) is 1.74. The van der Waals surface area contributed by atoms with E-state index in [1.807, 2.05) is 13.0 Å². The van der Waals surface area contributed by atoms with Gasteiger partial charge in [-0.1, -0.05) is 0 Å². The molecule has 0 amide bonds. The van der Waals surface area contributed by atoms with E-state index in [1.54, 1.807) is 19.4 Å². The molecule has 1 aromatic carbocycles. The number of benzene rings is 1. The lowest BCUT2D eigenvalue weighted by molar-refractivity contribution is -0.383. The maximum atomic E-state index is 11.0. The molecule has 19 heavy (non-hydrogen) atoms. The second-order valence-electron chi connectivity index (χ2n) is 4.18. The van der Waals surface area contributed by atoms with E-state index in [9.17, 15) is 10.1 Å². The van der Waals surface area contributed by atoms with E-state index >= 15 is 0 Å². The number of hydrogen-bond donors (Lipinski definition) is 1. The molecule has 1 aromatic heterocycles. The fraction of sp³-hybridized carbons (Fsp3) is 0.308. The van der Waals surface area contributed by atoms with Gasteiger partial charge < -0.3 is 10.1 Å². The molecular formula is C13H15N3O3. The quantitative estimate of drug-likeness (QED) is 0.508. The molecule has 0 fully saturated rings. The molecule has 2 aromatic rings. The van der Waals surface area contributed by atoms with Crippen molar-refractivity contribution in [1.29, 1.82) is 0 Å². The van der Waals surface area contributed by atoms with Gasteiger partial charge in [0.2, 0.25) is 0 Å². The monoisotopic (exact) mass is 261 g/mol. The molecule has 2 rings (SSSR count). The Kier molecular flexibility index (Phi) is 3.91. The maximum absolute atomic E-state index is 11.0. The standard InChI is InChI=1S/C13H15N3O3/c1-9-7-10-11(8-15-9)13(16(17)18)4-3-12(10)14-5-6-19-2/h3-4,7-8,14H,5-6H2,1-2H3. The SMILES string of the molecule is COCCNc1ccc([N+](=O)[O-])c2cnc(C)cc12. The van der Waals surface area contributed by atoms with Gasteiger partial charge in [-0.25, -0.2) is 0 Å². The Morgan fingerprint density at radius 2 is 2.21 bits per heavy atom. The van der Waals surface area contributed by atoms with Gasteiger partial charge in [0.1, 0.15) is 0 Å². The van der Waals surface area contributed by atoms with E-state index in [1.165, 1.54) is 6.07 Å². The number of non-ortho nitro benzene ring substituents is 1. The van der Waals surface area contributed by atoms with Crippen molar-refractivity contribution in [3.63, 3.8) is 0 Å². The van der Waals surface area contributed by atoms with Crippen LogP contribution in [-0.2, 0) is 4.74 Å². The summed E-state index contributed by atoms with van der Waals surface area (Å²) in [6.07, 6.45) is 1.55. The highest BCUT2D eigenvalue weighted by Crippen LogP contribution is 2.31. The Bertz CT molecular complexity index is 613. The summed E-state index contributed by atoms with van der Waals surface area (Å²) in [5, 5.41) is 15.6. The average molecular weight is 261 g/mol. The molecule has 0 saturated heterocycles. The zero-order chi connectivity index (χ0) is 13.8. The Balaban J connectivity index is 2.50. The normalized spacial score (nSPS) is 10.6. The Morgan fingerprint density at radius 3 is 2.89 bits per heavy atom. The van der Waals surface area contributed by atoms with Gasteiger partial charge in [-0.3, -0.25) is 15.1 Å². The van der Waals surface area contributed by atoms with Crippen molar-refractivity contribution in [2.75, 3.05) is 25.6 Å². The lowest BCUT2D eigenvalue weighted by Crippen LogP contribution is -2.08. The lowest BCUT2D eigenvalue weighted by atomic mass is 10.1. The van der Waals surface area contributed by atoms with Crippen LogP contribution in [0.4, 0.5) is 11.4 Å². The van der Waals surface area contributed by atoms with Crippen molar-refractivity contribution in [2.24, 2.45) is 0 Å². The average Bonchev–Trinajstić information content (AvgIpc) is 2.38. The summed E-state index contributed by atoms with van der Waals surface area (Å²) >= 11 is 0. The fourth-order valence-corrected chi connectivity index (χ4v) is 1.93. The molecule has 0 aliphatic heterocycles. The van der Waals surface area contributed by atoms with Crippen molar-refractivity contribution in [3.8, 4) is 0 Å². The van der Waals surface area contributed by atoms with Crippen LogP contribution in [0.1, 0.15) is 5.69 Å². The predicted molar refractivity (Wildman–Crippen MR) is 73.5 cm³/mol. The number of pyridine rings is 1. The van der Waals surface area contributed by atoms with Crippen LogP contribution in [0.2, 0.25) is 0 Å². The second-order valence-corrected chi connectivity index (χ2v) is 4.18. The number of nitrogens with one attached hydrogen (secondary N) is 1. The third-order valence-corrected chi connectivity index (χ3v) is 2.83. The second kappa shape index (κ2) is 5.62. The molecule has 0 bridgehead atoms. The van der Waals surface area contributed by atoms with Crippen LogP contribution < -0.4 is 5.32 Å². The van der Waals surface area contributed by atoms with Crippen LogP contribution in [0.5, 0.6) is 0 Å². The number of hydrogen-bond acceptors (Lipinski definition) is 5. The molecule has 0 spiro atoms. The summed E-state index contributed by atoms with van der Waals surface area (Å²) in [5.74, 6) is 0. The van der Waals surface area contributed by atoms with Crippen LogP contribution in [0, 0.1) is 17.0 Å². The first kappa shape index (κ1) is 13.2. The fourth-order valence-electron chi connectivity index (χ4n) is 1.93. The largest absolute Gasteiger partial charge is 0.383 e. The number of aryl methyl sites for hydroxylation is 1. The predicted octanol–water partition coefficient (Wildman–Crippen LogP) is 2.51. The van der Waals surface area contributed by atoms with E-state index in [0.29, 0.717) is 18.5 Å². The van der Waals surface area contributed by atoms with E-state index in [0.717, 1.165) is 16.8 Å². The molecule has 1 N–H and O–H groups in total. The minimum absolute atomic E-state index is 0.0693. The molecule has 6 heteroatoms. The number of nitro groups is 1. The van der Waals surface area contributed by atoms with Crippen LogP contribution in [0.3, 0.4) is 0 Å². The van der Waals surface area contributed by atoms with E-state index < -0.39 is 4.92 Å². The highest BCUT2D eigenvalue weighted by molar-refractivity contribution is 5.99. The van der Waals surface area contributed by atoms with E-state index in [2.05, 4.69) is 10.3 Å². The summed E-state index contributed by atoms with van der Waals surface area (Å²) in [4.78, 5) is 14.7. The van der Waals surface area contributed by atoms with Gasteiger partial charge in [0.15, 0.2) is 0 Å². The highest BCUT2D eigenvalue weighted by Gasteiger charge is 2.14. The molecule has 0 radical (unpaired) electrons. The first-order chi connectivity index (χ1) is 9.13. The minimum atomic E-state index is -0.391. The first-order valence-corrected chi connectivity index (χ1v) is 5.90. The van der Waals surface area contributed by atoms with Crippen molar-refractivity contribution < 1.29 is 9.66 Å². The molecule has 100 valence electrons. The summed E-state index contributed by atoms with van der Waals surface area (Å²) in [6.45, 7) is 3.07. The smallest absolute Gasteiger partial charge is 0.278 e. The van der Waals surface area contributed by atoms with Crippen LogP contribution in [0.25, 0.3) is 10.8 Å². The van der Waals surface area contributed by atoms with Crippen molar-refractivity contribution in [1.82, 2.24) is 4.98 Å². The number of fused-ring (bicyclic) bond motifs is 1. The highest BCUT2D eigenvalue weighted by atomic mass is 16.6. The molecule has 0 saturated carbocycles. The zero-order valence-corrected chi connectivity index (χ0v) is 10.8. The number of methoxy groups -OCH3 is 1. The number of aromatic nitrogens is 1. The summed E-state index contributed by atoms with van der Waals surface area (Å²) in [6, 6.07) is 5.06. The number of nitro benzene ring substituents is 1. The van der Waals surface area contributed by atoms with E-state index in [-0.39, 0.29) is 5.69 Å². The number of nitrogens with zero attached hydrogens (tertiary/aromatic N) is 2. The zero-order valence-electron chi connectivity index (χ0n) is 10.8. The Hall–Kier alpha value is -2.21. The van der Waals surface area contributed by atoms with Crippen LogP contribution in [-0.4, -0.2) is 30.2 Å². The molecule has 6 nitrogen and oxygen atoms in total. The van der Waals surface area contributed by atoms with Crippen molar-refractivity contribution >= 4 is 22.1 Å². The van der Waals surface area contributed by atoms with Gasteiger partial charge in [0.05, 0.1) is 16.9 Å². The molecular weight excluding hydrogens is 246 g/mol. The molecule has 0 unspecified atom stereocenters. The van der Waals surface area contributed by atoms with Crippen LogP contribution in [0.15, 0.2) is 24.4 Å². The Labute approximate surface area is 110 Å². The van der Waals surface area contributed by atoms with Gasteiger partial charge in [0, 0.05) is 42.7 Å². The Morgan fingerprint density at radius 1 is 1.42 bits per heavy atom. The van der Waals surface area contributed by atoms with Gasteiger partial charge in [0.25, 0.3) is 5.69 Å². The van der Waals surface area contributed by atoms with Crippen molar-refractivity contribution in [2.45, 2.75) is 6.92 Å². The maximum Gasteiger partial charge on any atom is 0.278 e. The van der Waals surface area contributed by atoms with Crippen LogP contribution >= 0.6 is 0 Å². The number of anilines is 1. The van der Waals surface area contributed by atoms with Crippen molar-refractivity contribution in [3.05, 3.63) is 40.2 Å².